The van der Waals surface area contributed by atoms with E-state index >= 15 is 0 Å². The van der Waals surface area contributed by atoms with Gasteiger partial charge >= 0.3 is 0 Å². The van der Waals surface area contributed by atoms with E-state index in [9.17, 15) is 9.18 Å². The molecule has 0 fully saturated rings. The van der Waals surface area contributed by atoms with Crippen LogP contribution in [0.4, 0.5) is 4.39 Å². The number of methoxy groups -OCH3 is 1. The summed E-state index contributed by atoms with van der Waals surface area (Å²) in [4.78, 5) is 13.9. The molecule has 1 aliphatic carbocycles. The lowest BCUT2D eigenvalue weighted by Crippen LogP contribution is -2.30. The molecule has 2 aliphatic heterocycles. The van der Waals surface area contributed by atoms with E-state index in [0.29, 0.717) is 12.0 Å². The van der Waals surface area contributed by atoms with Gasteiger partial charge in [-0.1, -0.05) is 6.07 Å². The molecule has 0 saturated carbocycles. The van der Waals surface area contributed by atoms with Crippen LogP contribution in [0.1, 0.15) is 42.7 Å². The van der Waals surface area contributed by atoms with Crippen molar-refractivity contribution in [2.45, 2.75) is 31.6 Å². The second-order valence-electron chi connectivity index (χ2n) is 6.49. The number of hydrogen-bond acceptors (Lipinski definition) is 4. The van der Waals surface area contributed by atoms with Crippen molar-refractivity contribution in [3.63, 3.8) is 0 Å². The Bertz CT molecular complexity index is 825. The molecule has 1 aromatic rings. The predicted molar refractivity (Wildman–Crippen MR) is 98.3 cm³/mol. The largest absolute Gasteiger partial charge is 0.504 e. The van der Waals surface area contributed by atoms with Crippen LogP contribution in [-0.4, -0.2) is 18.6 Å². The van der Waals surface area contributed by atoms with Crippen molar-refractivity contribution in [3.8, 4) is 0 Å². The first kappa shape index (κ1) is 16.5. The molecule has 0 spiro atoms. The number of allylic oxidation sites excluding steroid dienone is 4. The number of nitrogens with one attached hydrogen (secondary N) is 1. The number of ketones is 1. The smallest absolute Gasteiger partial charge is 0.161 e. The average Bonchev–Trinajstić information content (AvgIpc) is 3.08. The Labute approximate surface area is 151 Å². The van der Waals surface area contributed by atoms with Crippen LogP contribution in [0.15, 0.2) is 46.3 Å². The Morgan fingerprint density at radius 1 is 1.28 bits per heavy atom. The van der Waals surface area contributed by atoms with Crippen molar-refractivity contribution in [1.82, 2.24) is 5.32 Å². The number of ether oxygens (including phenoxy) is 1. The topological polar surface area (TPSA) is 38.3 Å². The van der Waals surface area contributed by atoms with E-state index in [1.54, 1.807) is 6.08 Å². The van der Waals surface area contributed by atoms with Crippen LogP contribution >= 0.6 is 11.8 Å². The number of thioether (sulfide) groups is 1. The summed E-state index contributed by atoms with van der Waals surface area (Å²) >= 11 is 1.81. The SMILES string of the molecule is COC=Cc1cc(C2C3=C(CCS3)NC3=C2C(=O)CCC3)ccc1F. The normalized spacial score (nSPS) is 23.0. The molecule has 1 atom stereocenters. The van der Waals surface area contributed by atoms with E-state index in [2.05, 4.69) is 5.32 Å². The van der Waals surface area contributed by atoms with Crippen molar-refractivity contribution < 1.29 is 13.9 Å². The van der Waals surface area contributed by atoms with Gasteiger partial charge in [-0.05, 0) is 43.0 Å². The summed E-state index contributed by atoms with van der Waals surface area (Å²) in [6, 6.07) is 5.14. The summed E-state index contributed by atoms with van der Waals surface area (Å²) in [7, 11) is 1.54. The van der Waals surface area contributed by atoms with Gasteiger partial charge in [0.15, 0.2) is 5.78 Å². The lowest BCUT2D eigenvalue weighted by atomic mass is 9.79. The number of halogens is 1. The summed E-state index contributed by atoms with van der Waals surface area (Å²) in [5, 5.41) is 3.52. The Hall–Kier alpha value is -2.01. The first-order valence-electron chi connectivity index (χ1n) is 8.57. The number of benzene rings is 1. The maximum absolute atomic E-state index is 14.1. The molecule has 2 heterocycles. The number of carbonyl (C=O) groups excluding carboxylic acids is 1. The van der Waals surface area contributed by atoms with Crippen LogP contribution in [0.3, 0.4) is 0 Å². The molecule has 1 unspecified atom stereocenters. The standard InChI is InChI=1S/C20H20FNO2S/c1-24-9-7-12-11-13(5-6-14(12)21)18-19-15(3-2-4-17(19)23)22-16-8-10-25-20(16)18/h5-7,9,11,18,22H,2-4,8,10H2,1H3. The van der Waals surface area contributed by atoms with Crippen LogP contribution in [0.2, 0.25) is 0 Å². The van der Waals surface area contributed by atoms with Gasteiger partial charge in [-0.2, -0.15) is 0 Å². The molecular weight excluding hydrogens is 337 g/mol. The molecule has 0 aromatic heterocycles. The van der Waals surface area contributed by atoms with Gasteiger partial charge < -0.3 is 10.1 Å². The third-order valence-electron chi connectivity index (χ3n) is 4.95. The molecule has 0 amide bonds. The highest BCUT2D eigenvalue weighted by atomic mass is 32.2. The van der Waals surface area contributed by atoms with Gasteiger partial charge in [0.2, 0.25) is 0 Å². The minimum Gasteiger partial charge on any atom is -0.504 e. The molecule has 0 saturated heterocycles. The molecule has 4 rings (SSSR count). The molecule has 3 aliphatic rings. The van der Waals surface area contributed by atoms with Crippen LogP contribution < -0.4 is 5.32 Å². The highest BCUT2D eigenvalue weighted by molar-refractivity contribution is 8.03. The summed E-state index contributed by atoms with van der Waals surface area (Å²) in [6.07, 6.45) is 6.50. The second kappa shape index (κ2) is 6.71. The van der Waals surface area contributed by atoms with Gasteiger partial charge in [0.1, 0.15) is 5.82 Å². The number of rotatable bonds is 3. The number of dihydropyridines is 1. The minimum absolute atomic E-state index is 0.0677. The summed E-state index contributed by atoms with van der Waals surface area (Å²) in [6.45, 7) is 0. The van der Waals surface area contributed by atoms with Crippen molar-refractivity contribution in [3.05, 3.63) is 63.3 Å². The van der Waals surface area contributed by atoms with Crippen LogP contribution in [0.5, 0.6) is 0 Å². The van der Waals surface area contributed by atoms with Gasteiger partial charge in [-0.15, -0.1) is 11.8 Å². The Kier molecular flexibility index (Phi) is 4.42. The van der Waals surface area contributed by atoms with E-state index in [-0.39, 0.29) is 17.5 Å². The molecule has 3 nitrogen and oxygen atoms in total. The maximum Gasteiger partial charge on any atom is 0.161 e. The van der Waals surface area contributed by atoms with Crippen molar-refractivity contribution in [1.29, 1.82) is 0 Å². The lowest BCUT2D eigenvalue weighted by Gasteiger charge is -2.33. The van der Waals surface area contributed by atoms with Gasteiger partial charge in [-0.3, -0.25) is 4.79 Å². The fourth-order valence-electron chi connectivity index (χ4n) is 3.83. The highest BCUT2D eigenvalue weighted by Gasteiger charge is 2.38. The molecule has 0 radical (unpaired) electrons. The zero-order valence-electron chi connectivity index (χ0n) is 14.1. The fraction of sp³-hybridized carbons (Fsp3) is 0.350. The minimum atomic E-state index is -0.288. The van der Waals surface area contributed by atoms with E-state index in [0.717, 1.165) is 41.8 Å². The highest BCUT2D eigenvalue weighted by Crippen LogP contribution is 2.50. The van der Waals surface area contributed by atoms with Crippen molar-refractivity contribution in [2.75, 3.05) is 12.9 Å². The molecule has 25 heavy (non-hydrogen) atoms. The first-order chi connectivity index (χ1) is 12.2. The van der Waals surface area contributed by atoms with Gasteiger partial charge in [0, 0.05) is 45.5 Å². The Balaban J connectivity index is 1.83. The van der Waals surface area contributed by atoms with Gasteiger partial charge in [0.05, 0.1) is 13.4 Å². The first-order valence-corrected chi connectivity index (χ1v) is 9.55. The summed E-state index contributed by atoms with van der Waals surface area (Å²) in [5.41, 5.74) is 4.65. The lowest BCUT2D eigenvalue weighted by molar-refractivity contribution is -0.116. The van der Waals surface area contributed by atoms with E-state index < -0.39 is 0 Å². The van der Waals surface area contributed by atoms with Crippen molar-refractivity contribution in [2.24, 2.45) is 0 Å². The number of carbonyl (C=O) groups is 1. The summed E-state index contributed by atoms with van der Waals surface area (Å²) < 4.78 is 19.0. The number of Topliss-reactive ketones (excluding diaryl/α,β-unsaturated/α-hetero) is 1. The Morgan fingerprint density at radius 3 is 3.00 bits per heavy atom. The third kappa shape index (κ3) is 2.91. The zero-order valence-corrected chi connectivity index (χ0v) is 14.9. The molecule has 1 N–H and O–H groups in total. The number of hydrogen-bond donors (Lipinski definition) is 1. The molecule has 1 aromatic carbocycles. The van der Waals surface area contributed by atoms with E-state index in [1.807, 2.05) is 23.9 Å². The second-order valence-corrected chi connectivity index (χ2v) is 7.62. The molecule has 0 bridgehead atoms. The average molecular weight is 357 g/mol. The molecule has 130 valence electrons. The monoisotopic (exact) mass is 357 g/mol. The third-order valence-corrected chi connectivity index (χ3v) is 6.15. The van der Waals surface area contributed by atoms with Crippen molar-refractivity contribution >= 4 is 23.6 Å². The molecular formula is C20H20FNO2S. The van der Waals surface area contributed by atoms with Crippen LogP contribution in [0, 0.1) is 5.82 Å². The Morgan fingerprint density at radius 2 is 2.16 bits per heavy atom. The zero-order chi connectivity index (χ0) is 17.4. The predicted octanol–water partition coefficient (Wildman–Crippen LogP) is 4.49. The van der Waals surface area contributed by atoms with E-state index in [4.69, 9.17) is 4.74 Å². The van der Waals surface area contributed by atoms with Gasteiger partial charge in [0.25, 0.3) is 0 Å². The van der Waals surface area contributed by atoms with Crippen LogP contribution in [-0.2, 0) is 9.53 Å². The van der Waals surface area contributed by atoms with Gasteiger partial charge in [-0.25, -0.2) is 4.39 Å². The maximum atomic E-state index is 14.1. The molecule has 5 heteroatoms. The summed E-state index contributed by atoms with van der Waals surface area (Å²) in [5.74, 6) is 0.891. The van der Waals surface area contributed by atoms with E-state index in [1.165, 1.54) is 30.0 Å². The fourth-order valence-corrected chi connectivity index (χ4v) is 5.10. The van der Waals surface area contributed by atoms with Crippen LogP contribution in [0.25, 0.3) is 6.08 Å². The quantitative estimate of drug-likeness (QED) is 0.809.